The third-order valence-electron chi connectivity index (χ3n) is 6.17. The fourth-order valence-corrected chi connectivity index (χ4v) is 5.83. The maximum atomic E-state index is 12.8. The molecular formula is C23H25N3O7S. The van der Waals surface area contributed by atoms with E-state index in [-0.39, 0.29) is 36.1 Å². The topological polar surface area (TPSA) is 111 Å². The fraction of sp³-hybridized carbons (Fsp3) is 0.391. The van der Waals surface area contributed by atoms with Crippen LogP contribution in [0.25, 0.3) is 11.1 Å². The maximum absolute atomic E-state index is 12.8. The first-order valence-corrected chi connectivity index (χ1v) is 12.5. The fourth-order valence-electron chi connectivity index (χ4n) is 4.30. The molecule has 1 fully saturated rings. The van der Waals surface area contributed by atoms with Crippen molar-refractivity contribution in [3.8, 4) is 11.5 Å². The van der Waals surface area contributed by atoms with E-state index in [0.29, 0.717) is 36.6 Å². The molecule has 0 bridgehead atoms. The zero-order valence-electron chi connectivity index (χ0n) is 18.7. The number of hydrogen-bond donors (Lipinski definition) is 0. The van der Waals surface area contributed by atoms with Crippen LogP contribution in [0.3, 0.4) is 0 Å². The average molecular weight is 488 g/mol. The van der Waals surface area contributed by atoms with Crippen molar-refractivity contribution in [2.75, 3.05) is 26.9 Å². The second-order valence-electron chi connectivity index (χ2n) is 8.45. The summed E-state index contributed by atoms with van der Waals surface area (Å²) in [6.07, 6.45) is 1.76. The summed E-state index contributed by atoms with van der Waals surface area (Å²) in [6, 6.07) is 9.95. The van der Waals surface area contributed by atoms with Gasteiger partial charge in [0.05, 0.1) is 10.4 Å². The molecule has 0 aliphatic carbocycles. The number of aryl methyl sites for hydroxylation is 1. The molecule has 10 nitrogen and oxygen atoms in total. The maximum Gasteiger partial charge on any atom is 0.419 e. The molecule has 2 aliphatic heterocycles. The molecule has 2 aromatic carbocycles. The van der Waals surface area contributed by atoms with Crippen molar-refractivity contribution in [3.05, 3.63) is 52.5 Å². The first-order valence-electron chi connectivity index (χ1n) is 11.1. The average Bonchev–Trinajstić information content (AvgIpc) is 3.56. The van der Waals surface area contributed by atoms with Gasteiger partial charge in [0.25, 0.3) is 0 Å². The van der Waals surface area contributed by atoms with Gasteiger partial charge in [-0.15, -0.1) is 0 Å². The van der Waals surface area contributed by atoms with Crippen LogP contribution >= 0.6 is 0 Å². The summed E-state index contributed by atoms with van der Waals surface area (Å²) in [4.78, 5) is 26.8. The lowest BCUT2D eigenvalue weighted by molar-refractivity contribution is -0.130. The molecule has 0 N–H and O–H groups in total. The quantitative estimate of drug-likeness (QED) is 0.502. The Kier molecular flexibility index (Phi) is 5.82. The van der Waals surface area contributed by atoms with Gasteiger partial charge in [0.2, 0.25) is 22.7 Å². The molecule has 2 aliphatic rings. The molecule has 0 saturated carbocycles. The Labute approximate surface area is 196 Å². The van der Waals surface area contributed by atoms with Gasteiger partial charge >= 0.3 is 5.76 Å². The highest BCUT2D eigenvalue weighted by atomic mass is 32.2. The van der Waals surface area contributed by atoms with Crippen LogP contribution in [-0.4, -0.2) is 55.0 Å². The molecule has 180 valence electrons. The lowest BCUT2D eigenvalue weighted by atomic mass is 10.2. The van der Waals surface area contributed by atoms with Crippen LogP contribution in [0.2, 0.25) is 0 Å². The van der Waals surface area contributed by atoms with Gasteiger partial charge in [0.1, 0.15) is 0 Å². The highest BCUT2D eigenvalue weighted by Gasteiger charge is 2.28. The van der Waals surface area contributed by atoms with Crippen molar-refractivity contribution >= 4 is 27.0 Å². The van der Waals surface area contributed by atoms with Gasteiger partial charge in [-0.3, -0.25) is 9.36 Å². The Morgan fingerprint density at radius 2 is 1.82 bits per heavy atom. The molecule has 5 rings (SSSR count). The number of fused-ring (bicyclic) bond motifs is 2. The number of carbonyl (C=O) groups is 1. The van der Waals surface area contributed by atoms with Crippen LogP contribution in [0.15, 0.2) is 50.5 Å². The van der Waals surface area contributed by atoms with Crippen LogP contribution in [0.1, 0.15) is 24.8 Å². The summed E-state index contributed by atoms with van der Waals surface area (Å²) in [5.41, 5.74) is 1.54. The van der Waals surface area contributed by atoms with Crippen LogP contribution in [-0.2, 0) is 27.9 Å². The molecule has 0 atom stereocenters. The summed E-state index contributed by atoms with van der Waals surface area (Å²) < 4.78 is 44.4. The number of nitrogens with zero attached hydrogens (tertiary/aromatic N) is 3. The second kappa shape index (κ2) is 8.80. The number of ether oxygens (including phenoxy) is 2. The molecular weight excluding hydrogens is 462 g/mol. The molecule has 3 aromatic rings. The summed E-state index contributed by atoms with van der Waals surface area (Å²) in [7, 11) is -1.93. The lowest BCUT2D eigenvalue weighted by Crippen LogP contribution is -2.28. The van der Waals surface area contributed by atoms with Crippen LogP contribution in [0.4, 0.5) is 0 Å². The Hall–Kier alpha value is -3.31. The lowest BCUT2D eigenvalue weighted by Gasteiger charge is -2.17. The Morgan fingerprint density at radius 3 is 2.62 bits per heavy atom. The van der Waals surface area contributed by atoms with E-state index in [2.05, 4.69) is 0 Å². The summed E-state index contributed by atoms with van der Waals surface area (Å²) >= 11 is 0. The van der Waals surface area contributed by atoms with Gasteiger partial charge in [-0.2, -0.15) is 4.31 Å². The summed E-state index contributed by atoms with van der Waals surface area (Å²) in [5.74, 6) is 0.560. The predicted molar refractivity (Wildman–Crippen MR) is 122 cm³/mol. The van der Waals surface area contributed by atoms with Crippen molar-refractivity contribution in [3.63, 3.8) is 0 Å². The summed E-state index contributed by atoms with van der Waals surface area (Å²) in [6.45, 7) is 1.68. The predicted octanol–water partition coefficient (Wildman–Crippen LogP) is 2.16. The summed E-state index contributed by atoms with van der Waals surface area (Å²) in [5, 5.41) is 0. The first kappa shape index (κ1) is 22.5. The van der Waals surface area contributed by atoms with E-state index in [1.54, 1.807) is 18.0 Å². The van der Waals surface area contributed by atoms with Crippen molar-refractivity contribution in [2.24, 2.45) is 0 Å². The zero-order valence-corrected chi connectivity index (χ0v) is 19.5. The van der Waals surface area contributed by atoms with E-state index in [4.69, 9.17) is 13.9 Å². The Morgan fingerprint density at radius 1 is 1.06 bits per heavy atom. The van der Waals surface area contributed by atoms with Crippen molar-refractivity contribution < 1.29 is 27.1 Å². The van der Waals surface area contributed by atoms with Crippen LogP contribution in [0, 0.1) is 0 Å². The molecule has 34 heavy (non-hydrogen) atoms. The molecule has 1 saturated heterocycles. The molecule has 3 heterocycles. The normalized spacial score (nSPS) is 15.8. The standard InChI is InChI=1S/C23H25N3O7S/c1-24(14-16-4-7-19-21(12-16)32-15-31-19)22(27)8-11-26-18-6-5-17(13-20(18)33-23(26)28)34(29,30)25-9-2-3-10-25/h4-7,12-13H,2-3,8-11,14-15H2,1H3. The number of aromatic nitrogens is 1. The number of hydrogen-bond acceptors (Lipinski definition) is 7. The zero-order chi connectivity index (χ0) is 23.9. The van der Waals surface area contributed by atoms with Gasteiger partial charge in [-0.1, -0.05) is 6.07 Å². The van der Waals surface area contributed by atoms with Gasteiger partial charge in [0.15, 0.2) is 17.1 Å². The first-order chi connectivity index (χ1) is 16.3. The number of benzene rings is 2. The van der Waals surface area contributed by atoms with E-state index >= 15 is 0 Å². The molecule has 0 radical (unpaired) electrons. The monoisotopic (exact) mass is 487 g/mol. The number of oxazole rings is 1. The van der Waals surface area contributed by atoms with E-state index < -0.39 is 15.8 Å². The van der Waals surface area contributed by atoms with Crippen molar-refractivity contribution in [2.45, 2.75) is 37.2 Å². The minimum absolute atomic E-state index is 0.0867. The van der Waals surface area contributed by atoms with Gasteiger partial charge in [0, 0.05) is 45.7 Å². The highest BCUT2D eigenvalue weighted by molar-refractivity contribution is 7.89. The van der Waals surface area contributed by atoms with Gasteiger partial charge in [-0.25, -0.2) is 13.2 Å². The van der Waals surface area contributed by atoms with Crippen molar-refractivity contribution in [1.29, 1.82) is 0 Å². The smallest absolute Gasteiger partial charge is 0.419 e. The molecule has 1 aromatic heterocycles. The minimum atomic E-state index is -3.62. The number of carbonyl (C=O) groups excluding carboxylic acids is 1. The Bertz CT molecular complexity index is 1400. The van der Waals surface area contributed by atoms with E-state index in [9.17, 15) is 18.0 Å². The molecule has 1 amide bonds. The number of sulfonamides is 1. The third-order valence-corrected chi connectivity index (χ3v) is 8.07. The van der Waals surface area contributed by atoms with E-state index in [0.717, 1.165) is 18.4 Å². The second-order valence-corrected chi connectivity index (χ2v) is 10.4. The third kappa shape index (κ3) is 4.16. The number of amides is 1. The highest BCUT2D eigenvalue weighted by Crippen LogP contribution is 2.32. The van der Waals surface area contributed by atoms with Gasteiger partial charge in [-0.05, 0) is 42.7 Å². The van der Waals surface area contributed by atoms with Crippen LogP contribution in [0.5, 0.6) is 11.5 Å². The van der Waals surface area contributed by atoms with Crippen molar-refractivity contribution in [1.82, 2.24) is 13.8 Å². The molecule has 0 spiro atoms. The SMILES string of the molecule is CN(Cc1ccc2c(c1)OCO2)C(=O)CCn1c(=O)oc2cc(S(=O)(=O)N3CCCC3)ccc21. The van der Waals surface area contributed by atoms with Gasteiger partial charge < -0.3 is 18.8 Å². The van der Waals surface area contributed by atoms with E-state index in [1.807, 2.05) is 18.2 Å². The minimum Gasteiger partial charge on any atom is -0.454 e. The Balaban J connectivity index is 1.27. The molecule has 0 unspecified atom stereocenters. The molecule has 11 heteroatoms. The van der Waals surface area contributed by atoms with E-state index in [1.165, 1.54) is 21.0 Å². The van der Waals surface area contributed by atoms with Crippen LogP contribution < -0.4 is 15.2 Å². The largest absolute Gasteiger partial charge is 0.454 e. The number of rotatable bonds is 7.